The number of anilines is 1. The molecule has 6 nitrogen and oxygen atoms in total. The molecule has 0 aliphatic carbocycles. The van der Waals surface area contributed by atoms with E-state index in [0.29, 0.717) is 29.0 Å². The number of nitriles is 1. The van der Waals surface area contributed by atoms with Gasteiger partial charge in [-0.25, -0.2) is 4.79 Å². The van der Waals surface area contributed by atoms with Gasteiger partial charge in [-0.3, -0.25) is 0 Å². The molecule has 0 aromatic heterocycles. The second kappa shape index (κ2) is 8.71. The van der Waals surface area contributed by atoms with E-state index in [0.717, 1.165) is 5.56 Å². The number of carbonyl (C=O) groups is 1. The smallest absolute Gasteiger partial charge is 0.330 e. The van der Waals surface area contributed by atoms with Gasteiger partial charge in [-0.1, -0.05) is 13.0 Å². The molecular weight excluding hydrogens is 320 g/mol. The average Bonchev–Trinajstić information content (AvgIpc) is 2.64. The van der Waals surface area contributed by atoms with E-state index in [2.05, 4.69) is 5.32 Å². The fraction of sp³-hybridized carbons (Fsp3) is 0.263. The van der Waals surface area contributed by atoms with Gasteiger partial charge in [0.25, 0.3) is 0 Å². The van der Waals surface area contributed by atoms with E-state index in [4.69, 9.17) is 15.1 Å². The highest BCUT2D eigenvalue weighted by Crippen LogP contribution is 2.27. The highest BCUT2D eigenvalue weighted by Gasteiger charge is 2.21. The lowest BCUT2D eigenvalue weighted by Crippen LogP contribution is -2.20. The van der Waals surface area contributed by atoms with Crippen LogP contribution in [-0.2, 0) is 11.2 Å². The van der Waals surface area contributed by atoms with E-state index in [1.165, 1.54) is 0 Å². The molecule has 6 heteroatoms. The van der Waals surface area contributed by atoms with E-state index in [1.54, 1.807) is 42.5 Å². The van der Waals surface area contributed by atoms with Gasteiger partial charge in [-0.15, -0.1) is 0 Å². The van der Waals surface area contributed by atoms with Gasteiger partial charge < -0.3 is 20.3 Å². The molecule has 0 aliphatic heterocycles. The number of nitrogens with one attached hydrogen (secondary N) is 1. The number of ether oxygens (including phenoxy) is 1. The zero-order chi connectivity index (χ0) is 18.2. The van der Waals surface area contributed by atoms with Crippen LogP contribution in [-0.4, -0.2) is 29.4 Å². The molecule has 2 aromatic carbocycles. The van der Waals surface area contributed by atoms with E-state index in [1.807, 2.05) is 13.0 Å². The molecule has 2 rings (SSSR count). The molecule has 0 saturated carbocycles. The van der Waals surface area contributed by atoms with Crippen molar-refractivity contribution in [3.8, 4) is 11.8 Å². The Kier molecular flexibility index (Phi) is 6.38. The van der Waals surface area contributed by atoms with E-state index in [-0.39, 0.29) is 13.2 Å². The van der Waals surface area contributed by atoms with E-state index >= 15 is 0 Å². The lowest BCUT2D eigenvalue weighted by atomic mass is 10.0. The summed E-state index contributed by atoms with van der Waals surface area (Å²) >= 11 is 0. The van der Waals surface area contributed by atoms with Crippen molar-refractivity contribution < 1.29 is 19.7 Å². The number of aryl methyl sites for hydroxylation is 1. The maximum atomic E-state index is 11.7. The minimum atomic E-state index is -1.00. The summed E-state index contributed by atoms with van der Waals surface area (Å²) in [7, 11) is 0. The molecule has 25 heavy (non-hydrogen) atoms. The zero-order valence-corrected chi connectivity index (χ0v) is 13.9. The minimum absolute atomic E-state index is 0.0805. The molecule has 1 atom stereocenters. The third kappa shape index (κ3) is 4.72. The molecule has 1 unspecified atom stereocenters. The summed E-state index contributed by atoms with van der Waals surface area (Å²) in [5, 5.41) is 30.3. The molecule has 0 fully saturated rings. The van der Waals surface area contributed by atoms with Gasteiger partial charge in [0.2, 0.25) is 0 Å². The van der Waals surface area contributed by atoms with Crippen LogP contribution >= 0.6 is 0 Å². The van der Waals surface area contributed by atoms with Crippen molar-refractivity contribution >= 4 is 11.7 Å². The van der Waals surface area contributed by atoms with Crippen molar-refractivity contribution in [2.24, 2.45) is 0 Å². The predicted molar refractivity (Wildman–Crippen MR) is 93.6 cm³/mol. The van der Waals surface area contributed by atoms with Gasteiger partial charge in [0.15, 0.2) is 6.04 Å². The van der Waals surface area contributed by atoms with Crippen molar-refractivity contribution in [2.75, 3.05) is 18.5 Å². The molecule has 130 valence electrons. The Labute approximate surface area is 146 Å². The first-order valence-corrected chi connectivity index (χ1v) is 7.95. The van der Waals surface area contributed by atoms with Gasteiger partial charge >= 0.3 is 5.97 Å². The number of carboxylic acid groups (broad SMARTS) is 1. The molecular formula is C19H20N2O4. The van der Waals surface area contributed by atoms with Crippen molar-refractivity contribution in [2.45, 2.75) is 19.4 Å². The molecule has 0 saturated heterocycles. The van der Waals surface area contributed by atoms with Gasteiger partial charge in [-0.2, -0.15) is 5.26 Å². The summed E-state index contributed by atoms with van der Waals surface area (Å²) in [4.78, 5) is 11.7. The topological polar surface area (TPSA) is 103 Å². The highest BCUT2D eigenvalue weighted by atomic mass is 16.5. The predicted octanol–water partition coefficient (Wildman–Crippen LogP) is 2.73. The van der Waals surface area contributed by atoms with Crippen LogP contribution < -0.4 is 10.1 Å². The Morgan fingerprint density at radius 1 is 1.28 bits per heavy atom. The first-order chi connectivity index (χ1) is 12.1. The van der Waals surface area contributed by atoms with Crippen LogP contribution in [0.5, 0.6) is 5.75 Å². The summed E-state index contributed by atoms with van der Waals surface area (Å²) in [6, 6.07) is 12.9. The standard InChI is InChI=1S/C19H20N2O4/c1-2-14-11-15(5-8-17(14)25-10-9-22)18(19(23)24)21-16-6-3-13(12-20)4-7-16/h3-8,11,18,21-22H,2,9-10H2,1H3,(H,23,24). The number of benzene rings is 2. The number of hydrogen-bond donors (Lipinski definition) is 3. The first-order valence-electron chi connectivity index (χ1n) is 7.95. The summed E-state index contributed by atoms with van der Waals surface area (Å²) in [6.07, 6.45) is 0.678. The van der Waals surface area contributed by atoms with Crippen LogP contribution in [0.25, 0.3) is 0 Å². The van der Waals surface area contributed by atoms with Crippen LogP contribution in [0, 0.1) is 11.3 Å². The maximum absolute atomic E-state index is 11.7. The molecule has 0 bridgehead atoms. The fourth-order valence-electron chi connectivity index (χ4n) is 2.45. The van der Waals surface area contributed by atoms with Gasteiger partial charge in [-0.05, 0) is 53.9 Å². The Morgan fingerprint density at radius 2 is 2.00 bits per heavy atom. The minimum Gasteiger partial charge on any atom is -0.491 e. The van der Waals surface area contributed by atoms with E-state index < -0.39 is 12.0 Å². The van der Waals surface area contributed by atoms with Gasteiger partial charge in [0, 0.05) is 5.69 Å². The van der Waals surface area contributed by atoms with Crippen molar-refractivity contribution in [3.63, 3.8) is 0 Å². The molecule has 3 N–H and O–H groups in total. The quantitative estimate of drug-likeness (QED) is 0.683. The lowest BCUT2D eigenvalue weighted by Gasteiger charge is -2.18. The Morgan fingerprint density at radius 3 is 2.56 bits per heavy atom. The Hall–Kier alpha value is -3.04. The Balaban J connectivity index is 2.27. The van der Waals surface area contributed by atoms with Gasteiger partial charge in [0.1, 0.15) is 12.4 Å². The number of carboxylic acids is 1. The van der Waals surface area contributed by atoms with Crippen LogP contribution in [0.1, 0.15) is 29.7 Å². The second-order valence-corrected chi connectivity index (χ2v) is 5.40. The Bertz CT molecular complexity index is 766. The molecule has 0 spiro atoms. The van der Waals surface area contributed by atoms with Crippen molar-refractivity contribution in [1.29, 1.82) is 5.26 Å². The number of aliphatic hydroxyl groups is 1. The number of aliphatic hydroxyl groups excluding tert-OH is 1. The summed E-state index contributed by atoms with van der Waals surface area (Å²) in [5.74, 6) is -0.363. The van der Waals surface area contributed by atoms with Crippen LogP contribution in [0.3, 0.4) is 0 Å². The van der Waals surface area contributed by atoms with Crippen LogP contribution in [0.4, 0.5) is 5.69 Å². The van der Waals surface area contributed by atoms with Gasteiger partial charge in [0.05, 0.1) is 18.2 Å². The molecule has 0 heterocycles. The highest BCUT2D eigenvalue weighted by molar-refractivity contribution is 5.79. The molecule has 0 radical (unpaired) electrons. The molecule has 0 aliphatic rings. The lowest BCUT2D eigenvalue weighted by molar-refractivity contribution is -0.138. The SMILES string of the molecule is CCc1cc(C(Nc2ccc(C#N)cc2)C(=O)O)ccc1OCCO. The number of nitrogens with zero attached hydrogens (tertiary/aromatic N) is 1. The normalized spacial score (nSPS) is 11.4. The third-order valence-electron chi connectivity index (χ3n) is 3.72. The number of rotatable bonds is 8. The maximum Gasteiger partial charge on any atom is 0.330 e. The summed E-state index contributed by atoms with van der Waals surface area (Å²) in [6.45, 7) is 2.07. The zero-order valence-electron chi connectivity index (χ0n) is 13.9. The van der Waals surface area contributed by atoms with Crippen molar-refractivity contribution in [3.05, 3.63) is 59.2 Å². The summed E-state index contributed by atoms with van der Waals surface area (Å²) in [5.41, 5.74) is 2.60. The number of aliphatic carboxylic acids is 1. The first kappa shape index (κ1) is 18.3. The average molecular weight is 340 g/mol. The molecule has 0 amide bonds. The monoisotopic (exact) mass is 340 g/mol. The van der Waals surface area contributed by atoms with Crippen LogP contribution in [0.15, 0.2) is 42.5 Å². The fourth-order valence-corrected chi connectivity index (χ4v) is 2.45. The molecule has 2 aromatic rings. The largest absolute Gasteiger partial charge is 0.491 e. The second-order valence-electron chi connectivity index (χ2n) is 5.40. The van der Waals surface area contributed by atoms with Crippen molar-refractivity contribution in [1.82, 2.24) is 0 Å². The van der Waals surface area contributed by atoms with E-state index in [9.17, 15) is 9.90 Å². The summed E-state index contributed by atoms with van der Waals surface area (Å²) < 4.78 is 5.47. The van der Waals surface area contributed by atoms with Crippen LogP contribution in [0.2, 0.25) is 0 Å². The number of hydrogen-bond acceptors (Lipinski definition) is 5. The third-order valence-corrected chi connectivity index (χ3v) is 3.72.